The maximum Gasteiger partial charge on any atom is 0.241 e. The lowest BCUT2D eigenvalue weighted by Crippen LogP contribution is -2.20. The molecule has 1 aromatic rings. The van der Waals surface area contributed by atoms with Crippen molar-refractivity contribution in [3.63, 3.8) is 0 Å². The minimum Gasteiger partial charge on any atom is -0.503 e. The second kappa shape index (κ2) is 5.16. The predicted octanol–water partition coefficient (Wildman–Crippen LogP) is 1.75. The third-order valence-electron chi connectivity index (χ3n) is 3.11. The van der Waals surface area contributed by atoms with Crippen LogP contribution in [0.3, 0.4) is 0 Å². The van der Waals surface area contributed by atoms with Crippen LogP contribution in [0.4, 0.5) is 0 Å². The van der Waals surface area contributed by atoms with Crippen LogP contribution in [0.25, 0.3) is 0 Å². The van der Waals surface area contributed by atoms with Gasteiger partial charge in [0.05, 0.1) is 6.10 Å². The first-order valence-electron chi connectivity index (χ1n) is 6.00. The van der Waals surface area contributed by atoms with E-state index >= 15 is 0 Å². The monoisotopic (exact) mass is 271 g/mol. The zero-order valence-corrected chi connectivity index (χ0v) is 10.8. The van der Waals surface area contributed by atoms with Crippen LogP contribution >= 0.6 is 0 Å². The number of primary sulfonamides is 1. The van der Waals surface area contributed by atoms with Gasteiger partial charge in [0, 0.05) is 0 Å². The highest BCUT2D eigenvalue weighted by Gasteiger charge is 2.21. The van der Waals surface area contributed by atoms with Crippen LogP contribution in [0.15, 0.2) is 23.1 Å². The van der Waals surface area contributed by atoms with Crippen LogP contribution < -0.4 is 9.88 Å². The Kier molecular flexibility index (Phi) is 3.77. The third-order valence-corrected chi connectivity index (χ3v) is 4.06. The van der Waals surface area contributed by atoms with Gasteiger partial charge in [-0.1, -0.05) is 12.5 Å². The van der Waals surface area contributed by atoms with E-state index in [4.69, 9.17) is 9.88 Å². The fourth-order valence-corrected chi connectivity index (χ4v) is 2.83. The standard InChI is InChI=1S/C12H17NO4S/c13-18(15,16)11-8-4-7-10(12(11)14)17-9-5-2-1-3-6-9/h4,7-9,14H,1-3,5-6H2,(H2,13,15,16). The minimum absolute atomic E-state index is 0.0420. The molecule has 0 spiro atoms. The average Bonchev–Trinajstić information content (AvgIpc) is 2.32. The van der Waals surface area contributed by atoms with Crippen LogP contribution in [-0.4, -0.2) is 19.6 Å². The smallest absolute Gasteiger partial charge is 0.241 e. The number of ether oxygens (including phenoxy) is 1. The molecule has 1 aromatic carbocycles. The number of rotatable bonds is 3. The van der Waals surface area contributed by atoms with Crippen LogP contribution in [0.5, 0.6) is 11.5 Å². The Morgan fingerprint density at radius 1 is 1.22 bits per heavy atom. The highest BCUT2D eigenvalue weighted by molar-refractivity contribution is 7.89. The van der Waals surface area contributed by atoms with E-state index in [1.807, 2.05) is 0 Å². The second-order valence-electron chi connectivity index (χ2n) is 4.53. The maximum atomic E-state index is 11.3. The van der Waals surface area contributed by atoms with Crippen molar-refractivity contribution in [3.8, 4) is 11.5 Å². The third kappa shape index (κ3) is 2.94. The normalized spacial score (nSPS) is 17.6. The lowest BCUT2D eigenvalue weighted by molar-refractivity contribution is 0.149. The predicted molar refractivity (Wildman–Crippen MR) is 67.0 cm³/mol. The summed E-state index contributed by atoms with van der Waals surface area (Å²) in [5.74, 6) is -0.209. The molecule has 0 aliphatic heterocycles. The van der Waals surface area contributed by atoms with Crippen molar-refractivity contribution in [2.45, 2.75) is 43.1 Å². The second-order valence-corrected chi connectivity index (χ2v) is 6.06. The number of sulfonamides is 1. The molecule has 1 aliphatic carbocycles. The Morgan fingerprint density at radius 3 is 2.50 bits per heavy atom. The van der Waals surface area contributed by atoms with E-state index < -0.39 is 15.8 Å². The molecular formula is C12H17NO4S. The molecule has 0 heterocycles. The lowest BCUT2D eigenvalue weighted by atomic mass is 9.98. The topological polar surface area (TPSA) is 89.6 Å². The Morgan fingerprint density at radius 2 is 1.89 bits per heavy atom. The number of hydrogen-bond donors (Lipinski definition) is 2. The maximum absolute atomic E-state index is 11.3. The summed E-state index contributed by atoms with van der Waals surface area (Å²) in [7, 11) is -3.93. The summed E-state index contributed by atoms with van der Waals surface area (Å²) in [5.41, 5.74) is 0. The molecule has 3 N–H and O–H groups in total. The summed E-state index contributed by atoms with van der Waals surface area (Å²) in [6, 6.07) is 4.33. The summed E-state index contributed by atoms with van der Waals surface area (Å²) in [6.07, 6.45) is 5.29. The van der Waals surface area contributed by atoms with E-state index in [0.717, 1.165) is 25.7 Å². The average molecular weight is 271 g/mol. The fraction of sp³-hybridized carbons (Fsp3) is 0.500. The summed E-state index contributed by atoms with van der Waals surface area (Å²) in [4.78, 5) is -0.296. The zero-order chi connectivity index (χ0) is 13.2. The number of benzene rings is 1. The SMILES string of the molecule is NS(=O)(=O)c1cccc(OC2CCCCC2)c1O. The van der Waals surface area contributed by atoms with Crippen LogP contribution in [-0.2, 0) is 10.0 Å². The van der Waals surface area contributed by atoms with Crippen molar-refractivity contribution in [3.05, 3.63) is 18.2 Å². The molecule has 1 fully saturated rings. The van der Waals surface area contributed by atoms with Gasteiger partial charge in [-0.15, -0.1) is 0 Å². The lowest BCUT2D eigenvalue weighted by Gasteiger charge is -2.23. The van der Waals surface area contributed by atoms with Crippen LogP contribution in [0.1, 0.15) is 32.1 Å². The molecule has 1 aliphatic rings. The number of phenolic OH excluding ortho intramolecular Hbond substituents is 1. The molecular weight excluding hydrogens is 254 g/mol. The molecule has 0 atom stereocenters. The van der Waals surface area contributed by atoms with Gasteiger partial charge in [0.25, 0.3) is 0 Å². The molecule has 0 aromatic heterocycles. The Bertz CT molecular complexity index is 521. The molecule has 0 unspecified atom stereocenters. The van der Waals surface area contributed by atoms with Gasteiger partial charge in [0.2, 0.25) is 10.0 Å². The largest absolute Gasteiger partial charge is 0.503 e. The van der Waals surface area contributed by atoms with Crippen LogP contribution in [0, 0.1) is 0 Å². The van der Waals surface area contributed by atoms with Crippen molar-refractivity contribution >= 4 is 10.0 Å². The molecule has 5 nitrogen and oxygen atoms in total. The molecule has 0 amide bonds. The summed E-state index contributed by atoms with van der Waals surface area (Å²) >= 11 is 0. The van der Waals surface area contributed by atoms with Crippen molar-refractivity contribution < 1.29 is 18.3 Å². The van der Waals surface area contributed by atoms with Gasteiger partial charge in [-0.3, -0.25) is 0 Å². The molecule has 1 saturated carbocycles. The molecule has 0 radical (unpaired) electrons. The fourth-order valence-electron chi connectivity index (χ4n) is 2.19. The number of hydrogen-bond acceptors (Lipinski definition) is 4. The first-order chi connectivity index (χ1) is 8.48. The molecule has 6 heteroatoms. The highest BCUT2D eigenvalue weighted by atomic mass is 32.2. The van der Waals surface area contributed by atoms with Crippen molar-refractivity contribution in [1.82, 2.24) is 0 Å². The van der Waals surface area contributed by atoms with Gasteiger partial charge in [-0.2, -0.15) is 0 Å². The van der Waals surface area contributed by atoms with Crippen molar-refractivity contribution in [2.75, 3.05) is 0 Å². The van der Waals surface area contributed by atoms with Crippen LogP contribution in [0.2, 0.25) is 0 Å². The van der Waals surface area contributed by atoms with Gasteiger partial charge in [0.15, 0.2) is 11.5 Å². The molecule has 100 valence electrons. The Labute approximate surface area is 107 Å². The summed E-state index contributed by atoms with van der Waals surface area (Å²) in [5, 5.41) is 14.9. The zero-order valence-electron chi connectivity index (χ0n) is 10.0. The van der Waals surface area contributed by atoms with Gasteiger partial charge >= 0.3 is 0 Å². The molecule has 0 saturated heterocycles. The Balaban J connectivity index is 2.23. The van der Waals surface area contributed by atoms with E-state index in [1.54, 1.807) is 6.07 Å². The van der Waals surface area contributed by atoms with E-state index in [2.05, 4.69) is 0 Å². The minimum atomic E-state index is -3.93. The highest BCUT2D eigenvalue weighted by Crippen LogP contribution is 2.34. The van der Waals surface area contributed by atoms with E-state index in [0.29, 0.717) is 0 Å². The number of phenols is 1. The molecule has 2 rings (SSSR count). The van der Waals surface area contributed by atoms with Gasteiger partial charge in [-0.25, -0.2) is 13.6 Å². The van der Waals surface area contributed by atoms with Gasteiger partial charge in [0.1, 0.15) is 4.90 Å². The quantitative estimate of drug-likeness (QED) is 0.876. The number of para-hydroxylation sites is 1. The molecule has 18 heavy (non-hydrogen) atoms. The van der Waals surface area contributed by atoms with Crippen molar-refractivity contribution in [1.29, 1.82) is 0 Å². The van der Waals surface area contributed by atoms with Gasteiger partial charge in [-0.05, 0) is 37.8 Å². The first kappa shape index (κ1) is 13.2. The number of aromatic hydroxyl groups is 1. The van der Waals surface area contributed by atoms with Crippen molar-refractivity contribution in [2.24, 2.45) is 5.14 Å². The van der Waals surface area contributed by atoms with E-state index in [-0.39, 0.29) is 16.7 Å². The summed E-state index contributed by atoms with van der Waals surface area (Å²) < 4.78 is 28.2. The first-order valence-corrected chi connectivity index (χ1v) is 7.54. The Hall–Kier alpha value is -1.27. The van der Waals surface area contributed by atoms with Gasteiger partial charge < -0.3 is 9.84 Å². The summed E-state index contributed by atoms with van der Waals surface area (Å²) in [6.45, 7) is 0. The van der Waals surface area contributed by atoms with E-state index in [9.17, 15) is 13.5 Å². The number of nitrogens with two attached hydrogens (primary N) is 1. The molecule has 0 bridgehead atoms. The van der Waals surface area contributed by atoms with E-state index in [1.165, 1.54) is 18.6 Å².